The van der Waals surface area contributed by atoms with Crippen LogP contribution in [0.5, 0.6) is 0 Å². The third kappa shape index (κ3) is 4.01. The molecule has 1 saturated heterocycles. The number of nitrogens with zero attached hydrogens (tertiary/aromatic N) is 1. The molecule has 0 aromatic heterocycles. The minimum absolute atomic E-state index is 0.206. The molecule has 0 aromatic rings. The molecule has 0 aromatic carbocycles. The van der Waals surface area contributed by atoms with Crippen molar-refractivity contribution in [2.75, 3.05) is 12.4 Å². The minimum atomic E-state index is -1.30. The quantitative estimate of drug-likeness (QED) is 0.354. The summed E-state index contributed by atoms with van der Waals surface area (Å²) in [4.78, 5) is 58.9. The standard InChI is InChI=1S/C15H18N2O7S/c1-3-9(19)4-10(20)16-11-13(21)17-12(15(22)23)8(5-24-7(2)18)6-25-14(11)17/h11,14H,3-6H2,1-2H3,(H,16,20)(H,22,23)/t11-,14-/m1/s1. The summed E-state index contributed by atoms with van der Waals surface area (Å²) < 4.78 is 4.83. The second kappa shape index (κ2) is 7.68. The number of amides is 2. The van der Waals surface area contributed by atoms with Crippen LogP contribution >= 0.6 is 11.8 Å². The maximum atomic E-state index is 12.3. The molecule has 0 bridgehead atoms. The molecule has 2 aliphatic heterocycles. The van der Waals surface area contributed by atoms with Gasteiger partial charge in [-0.1, -0.05) is 6.92 Å². The molecule has 0 unspecified atom stereocenters. The number of β-lactam (4-membered cyclic amide) rings is 1. The number of Topliss-reactive ketones (excluding diaryl/α,β-unsaturated/α-hetero) is 1. The van der Waals surface area contributed by atoms with Gasteiger partial charge in [-0.05, 0) is 0 Å². The van der Waals surface area contributed by atoms with Crippen molar-refractivity contribution >= 4 is 41.3 Å². The number of ketones is 1. The predicted octanol–water partition coefficient (Wildman–Crippen LogP) is -0.343. The molecule has 0 radical (unpaired) electrons. The third-order valence-electron chi connectivity index (χ3n) is 3.77. The Labute approximate surface area is 147 Å². The number of thioether (sulfide) groups is 1. The number of aliphatic carboxylic acids is 1. The Morgan fingerprint density at radius 2 is 2.04 bits per heavy atom. The first kappa shape index (κ1) is 19.0. The number of hydrogen-bond donors (Lipinski definition) is 2. The number of carbonyl (C=O) groups is 5. The van der Waals surface area contributed by atoms with Gasteiger partial charge in [-0.25, -0.2) is 4.79 Å². The fourth-order valence-electron chi connectivity index (χ4n) is 2.51. The molecule has 0 saturated carbocycles. The van der Waals surface area contributed by atoms with Gasteiger partial charge in [0.15, 0.2) is 0 Å². The predicted molar refractivity (Wildman–Crippen MR) is 86.2 cm³/mol. The third-order valence-corrected chi connectivity index (χ3v) is 5.11. The largest absolute Gasteiger partial charge is 0.477 e. The van der Waals surface area contributed by atoms with Gasteiger partial charge in [-0.3, -0.25) is 24.1 Å². The average molecular weight is 370 g/mol. The molecule has 2 heterocycles. The minimum Gasteiger partial charge on any atom is -0.477 e. The highest BCUT2D eigenvalue weighted by Crippen LogP contribution is 2.40. The molecule has 1 fully saturated rings. The van der Waals surface area contributed by atoms with E-state index in [2.05, 4.69) is 5.32 Å². The number of ether oxygens (including phenoxy) is 1. The van der Waals surface area contributed by atoms with Crippen LogP contribution in [0.4, 0.5) is 0 Å². The zero-order valence-corrected chi connectivity index (χ0v) is 14.6. The number of nitrogens with one attached hydrogen (secondary N) is 1. The summed E-state index contributed by atoms with van der Waals surface area (Å²) in [5.41, 5.74) is 0.105. The summed E-state index contributed by atoms with van der Waals surface area (Å²) in [7, 11) is 0. The van der Waals surface area contributed by atoms with E-state index in [1.165, 1.54) is 18.7 Å². The van der Waals surface area contributed by atoms with Crippen LogP contribution in [0, 0.1) is 0 Å². The summed E-state index contributed by atoms with van der Waals surface area (Å²) in [5, 5.41) is 11.3. The van der Waals surface area contributed by atoms with Gasteiger partial charge in [0.2, 0.25) is 5.91 Å². The van der Waals surface area contributed by atoms with E-state index in [1.54, 1.807) is 6.92 Å². The lowest BCUT2D eigenvalue weighted by molar-refractivity contribution is -0.151. The molecular formula is C15H18N2O7S. The number of esters is 1. The van der Waals surface area contributed by atoms with Crippen molar-refractivity contribution in [1.82, 2.24) is 10.2 Å². The maximum Gasteiger partial charge on any atom is 0.352 e. The summed E-state index contributed by atoms with van der Waals surface area (Å²) in [6, 6.07) is -0.869. The van der Waals surface area contributed by atoms with Crippen LogP contribution < -0.4 is 5.32 Å². The van der Waals surface area contributed by atoms with Gasteiger partial charge in [0.05, 0.1) is 6.42 Å². The van der Waals surface area contributed by atoms with Crippen molar-refractivity contribution in [3.05, 3.63) is 11.3 Å². The van der Waals surface area contributed by atoms with Crippen LogP contribution in [0.1, 0.15) is 26.7 Å². The Balaban J connectivity index is 2.10. The Morgan fingerprint density at radius 3 is 2.60 bits per heavy atom. The Hall–Kier alpha value is -2.36. The van der Waals surface area contributed by atoms with E-state index in [4.69, 9.17) is 4.74 Å². The second-order valence-electron chi connectivity index (χ2n) is 5.56. The van der Waals surface area contributed by atoms with Crippen molar-refractivity contribution in [2.24, 2.45) is 0 Å². The van der Waals surface area contributed by atoms with Crippen LogP contribution in [-0.4, -0.2) is 63.3 Å². The first-order valence-corrected chi connectivity index (χ1v) is 8.65. The fourth-order valence-corrected chi connectivity index (χ4v) is 3.84. The Morgan fingerprint density at radius 1 is 1.36 bits per heavy atom. The highest BCUT2D eigenvalue weighted by Gasteiger charge is 2.54. The van der Waals surface area contributed by atoms with E-state index in [0.717, 1.165) is 4.90 Å². The van der Waals surface area contributed by atoms with E-state index in [1.807, 2.05) is 0 Å². The van der Waals surface area contributed by atoms with Crippen LogP contribution in [0.25, 0.3) is 0 Å². The fraction of sp³-hybridized carbons (Fsp3) is 0.533. The number of rotatable bonds is 7. The van der Waals surface area contributed by atoms with Crippen LogP contribution in [0.15, 0.2) is 11.3 Å². The summed E-state index contributed by atoms with van der Waals surface area (Å²) in [6.45, 7) is 2.64. The van der Waals surface area contributed by atoms with Crippen molar-refractivity contribution in [3.63, 3.8) is 0 Å². The van der Waals surface area contributed by atoms with Crippen LogP contribution in [-0.2, 0) is 28.7 Å². The topological polar surface area (TPSA) is 130 Å². The van der Waals surface area contributed by atoms with E-state index >= 15 is 0 Å². The molecule has 2 N–H and O–H groups in total. The van der Waals surface area contributed by atoms with Gasteiger partial charge in [-0.15, -0.1) is 11.8 Å². The van der Waals surface area contributed by atoms with Gasteiger partial charge >= 0.3 is 11.9 Å². The smallest absolute Gasteiger partial charge is 0.352 e. The second-order valence-corrected chi connectivity index (χ2v) is 6.67. The average Bonchev–Trinajstić information content (AvgIpc) is 2.56. The number of fused-ring (bicyclic) bond motifs is 1. The number of carboxylic acids is 1. The molecule has 136 valence electrons. The van der Waals surface area contributed by atoms with Crippen molar-refractivity contribution < 1.29 is 33.8 Å². The first-order chi connectivity index (χ1) is 11.8. The molecule has 2 atom stereocenters. The molecule has 2 amide bonds. The summed E-state index contributed by atoms with van der Waals surface area (Å²) >= 11 is 1.27. The van der Waals surface area contributed by atoms with E-state index in [9.17, 15) is 29.1 Å². The van der Waals surface area contributed by atoms with Crippen LogP contribution in [0.3, 0.4) is 0 Å². The van der Waals surface area contributed by atoms with Gasteiger partial charge in [0.1, 0.15) is 29.5 Å². The Bertz CT molecular complexity index is 673. The van der Waals surface area contributed by atoms with Gasteiger partial charge in [0, 0.05) is 24.7 Å². The lowest BCUT2D eigenvalue weighted by Crippen LogP contribution is -2.70. The molecule has 0 spiro atoms. The number of carboxylic acid groups (broad SMARTS) is 1. The van der Waals surface area contributed by atoms with Gasteiger partial charge < -0.3 is 15.2 Å². The highest BCUT2D eigenvalue weighted by atomic mass is 32.2. The highest BCUT2D eigenvalue weighted by molar-refractivity contribution is 8.00. The van der Waals surface area contributed by atoms with Crippen molar-refractivity contribution in [2.45, 2.75) is 38.1 Å². The molecule has 2 rings (SSSR count). The van der Waals surface area contributed by atoms with Crippen molar-refractivity contribution in [3.8, 4) is 0 Å². The Kier molecular flexibility index (Phi) is 5.83. The van der Waals surface area contributed by atoms with Crippen LogP contribution in [0.2, 0.25) is 0 Å². The first-order valence-electron chi connectivity index (χ1n) is 7.60. The molecule has 2 aliphatic rings. The zero-order chi connectivity index (χ0) is 18.7. The van der Waals surface area contributed by atoms with E-state index in [-0.39, 0.29) is 36.7 Å². The van der Waals surface area contributed by atoms with Gasteiger partial charge in [0.25, 0.3) is 5.91 Å². The maximum absolute atomic E-state index is 12.3. The molecular weight excluding hydrogens is 352 g/mol. The summed E-state index contributed by atoms with van der Waals surface area (Å²) in [5.74, 6) is -2.96. The van der Waals surface area contributed by atoms with E-state index < -0.39 is 35.2 Å². The molecule has 0 aliphatic carbocycles. The lowest BCUT2D eigenvalue weighted by Gasteiger charge is -2.49. The lowest BCUT2D eigenvalue weighted by atomic mass is 10.0. The molecule has 25 heavy (non-hydrogen) atoms. The monoisotopic (exact) mass is 370 g/mol. The SMILES string of the molecule is CCC(=O)CC(=O)N[C@@H]1C(=O)N2C(C(=O)O)=C(COC(C)=O)CS[C@H]12. The summed E-state index contributed by atoms with van der Waals surface area (Å²) in [6.07, 6.45) is -0.0846. The van der Waals surface area contributed by atoms with E-state index in [0.29, 0.717) is 5.57 Å². The molecule has 10 heteroatoms. The normalized spacial score (nSPS) is 22.0. The molecule has 9 nitrogen and oxygen atoms in total. The van der Waals surface area contributed by atoms with Gasteiger partial charge in [-0.2, -0.15) is 0 Å². The number of hydrogen-bond acceptors (Lipinski definition) is 7. The number of carbonyl (C=O) groups excluding carboxylic acids is 4. The zero-order valence-electron chi connectivity index (χ0n) is 13.7. The van der Waals surface area contributed by atoms with Crippen molar-refractivity contribution in [1.29, 1.82) is 0 Å².